The second-order valence-corrected chi connectivity index (χ2v) is 7.17. The molecule has 1 heterocycles. The zero-order chi connectivity index (χ0) is 15.8. The smallest absolute Gasteiger partial charge is 0.345 e. The number of sulfonamides is 1. The van der Waals surface area contributed by atoms with Gasteiger partial charge in [-0.15, -0.1) is 11.3 Å². The molecule has 0 saturated carbocycles. The van der Waals surface area contributed by atoms with Crippen LogP contribution < -0.4 is 4.72 Å². The molecule has 0 bridgehead atoms. The van der Waals surface area contributed by atoms with Crippen LogP contribution in [0.4, 0.5) is 14.5 Å². The van der Waals surface area contributed by atoms with Crippen molar-refractivity contribution in [1.29, 1.82) is 0 Å². The number of carboxylic acids is 1. The minimum atomic E-state index is -4.23. The lowest BCUT2D eigenvalue weighted by Crippen LogP contribution is -2.13. The van der Waals surface area contributed by atoms with E-state index in [1.165, 1.54) is 0 Å². The molecule has 1 aromatic heterocycles. The van der Waals surface area contributed by atoms with E-state index in [0.29, 0.717) is 17.4 Å². The van der Waals surface area contributed by atoms with Crippen molar-refractivity contribution in [2.24, 2.45) is 0 Å². The van der Waals surface area contributed by atoms with Crippen LogP contribution in [0.25, 0.3) is 0 Å². The van der Waals surface area contributed by atoms with Gasteiger partial charge in [0.1, 0.15) is 20.6 Å². The van der Waals surface area contributed by atoms with Crippen molar-refractivity contribution in [3.8, 4) is 0 Å². The van der Waals surface area contributed by atoms with E-state index in [4.69, 9.17) is 16.7 Å². The molecule has 2 N–H and O–H groups in total. The summed E-state index contributed by atoms with van der Waals surface area (Å²) < 4.78 is 52.0. The maximum atomic E-state index is 13.5. The molecule has 0 spiro atoms. The van der Waals surface area contributed by atoms with E-state index in [1.807, 2.05) is 4.72 Å². The molecular weight excluding hydrogens is 348 g/mol. The van der Waals surface area contributed by atoms with Gasteiger partial charge in [0, 0.05) is 6.07 Å². The van der Waals surface area contributed by atoms with Gasteiger partial charge in [-0.2, -0.15) is 0 Å². The van der Waals surface area contributed by atoms with Gasteiger partial charge in [0.05, 0.1) is 5.02 Å². The van der Waals surface area contributed by atoms with E-state index < -0.39 is 38.3 Å². The quantitative estimate of drug-likeness (QED) is 0.884. The maximum Gasteiger partial charge on any atom is 0.345 e. The molecule has 0 radical (unpaired) electrons. The van der Waals surface area contributed by atoms with Crippen LogP contribution in [0.2, 0.25) is 5.02 Å². The van der Waals surface area contributed by atoms with Crippen LogP contribution in [-0.4, -0.2) is 19.5 Å². The van der Waals surface area contributed by atoms with Crippen LogP contribution in [0, 0.1) is 11.6 Å². The largest absolute Gasteiger partial charge is 0.477 e. The molecule has 0 saturated heterocycles. The fourth-order valence-corrected chi connectivity index (χ4v) is 3.94. The van der Waals surface area contributed by atoms with Gasteiger partial charge in [-0.25, -0.2) is 22.0 Å². The lowest BCUT2D eigenvalue weighted by Gasteiger charge is -2.09. The second-order valence-electron chi connectivity index (χ2n) is 3.77. The number of aromatic carboxylic acids is 1. The third-order valence-corrected chi connectivity index (χ3v) is 5.51. The van der Waals surface area contributed by atoms with E-state index in [1.54, 1.807) is 0 Å². The first-order valence-corrected chi connectivity index (χ1v) is 7.89. The summed E-state index contributed by atoms with van der Waals surface area (Å²) in [5, 5.41) is 8.29. The maximum absolute atomic E-state index is 13.5. The number of halogens is 3. The predicted octanol–water partition coefficient (Wildman–Crippen LogP) is 3.18. The molecule has 0 amide bonds. The fourth-order valence-electron chi connectivity index (χ4n) is 1.40. The first kappa shape index (κ1) is 15.7. The van der Waals surface area contributed by atoms with Crippen molar-refractivity contribution in [2.45, 2.75) is 4.21 Å². The highest BCUT2D eigenvalue weighted by atomic mass is 35.5. The van der Waals surface area contributed by atoms with Crippen LogP contribution in [-0.2, 0) is 10.0 Å². The standard InChI is InChI=1S/C11H6ClF2NO4S2/c12-6-3-5(13)4-7(14)10(6)15-21(18,19)9-2-1-8(20-9)11(16)17/h1-4,15H,(H,16,17). The average Bonchev–Trinajstić information content (AvgIpc) is 2.84. The van der Waals surface area contributed by atoms with Crippen molar-refractivity contribution in [3.05, 3.63) is 45.8 Å². The number of carbonyl (C=O) groups is 1. The molecule has 1 aromatic carbocycles. The number of nitrogens with one attached hydrogen (secondary N) is 1. The van der Waals surface area contributed by atoms with Crippen LogP contribution in [0.1, 0.15) is 9.67 Å². The summed E-state index contributed by atoms with van der Waals surface area (Å²) in [6.45, 7) is 0. The van der Waals surface area contributed by atoms with E-state index in [2.05, 4.69) is 0 Å². The van der Waals surface area contributed by atoms with Gasteiger partial charge in [0.2, 0.25) is 0 Å². The number of anilines is 1. The zero-order valence-electron chi connectivity index (χ0n) is 9.93. The van der Waals surface area contributed by atoms with Gasteiger partial charge in [-0.1, -0.05) is 11.6 Å². The Morgan fingerprint density at radius 2 is 1.95 bits per heavy atom. The Balaban J connectivity index is 2.40. The van der Waals surface area contributed by atoms with Gasteiger partial charge >= 0.3 is 5.97 Å². The van der Waals surface area contributed by atoms with Gasteiger partial charge in [-0.3, -0.25) is 4.72 Å². The van der Waals surface area contributed by atoms with Crippen molar-refractivity contribution < 1.29 is 27.1 Å². The normalized spacial score (nSPS) is 11.4. The lowest BCUT2D eigenvalue weighted by molar-refractivity contribution is 0.0702. The van der Waals surface area contributed by atoms with Crippen LogP contribution in [0.5, 0.6) is 0 Å². The Labute approximate surface area is 126 Å². The highest BCUT2D eigenvalue weighted by Gasteiger charge is 2.22. The summed E-state index contributed by atoms with van der Waals surface area (Å²) in [5.74, 6) is -3.42. The Morgan fingerprint density at radius 3 is 2.48 bits per heavy atom. The Kier molecular flexibility index (Phi) is 4.17. The molecule has 2 rings (SSSR count). The molecule has 112 valence electrons. The minimum Gasteiger partial charge on any atom is -0.477 e. The zero-order valence-corrected chi connectivity index (χ0v) is 12.3. The van der Waals surface area contributed by atoms with Crippen molar-refractivity contribution >= 4 is 44.6 Å². The lowest BCUT2D eigenvalue weighted by atomic mass is 10.3. The Bertz CT molecular complexity index is 796. The van der Waals surface area contributed by atoms with Crippen molar-refractivity contribution in [3.63, 3.8) is 0 Å². The number of hydrogen-bond acceptors (Lipinski definition) is 4. The molecular formula is C11H6ClF2NO4S2. The highest BCUT2D eigenvalue weighted by Crippen LogP contribution is 2.30. The highest BCUT2D eigenvalue weighted by molar-refractivity contribution is 7.94. The van der Waals surface area contributed by atoms with Crippen molar-refractivity contribution in [1.82, 2.24) is 0 Å². The summed E-state index contributed by atoms with van der Waals surface area (Å²) in [6.07, 6.45) is 0. The molecule has 5 nitrogen and oxygen atoms in total. The van der Waals surface area contributed by atoms with Gasteiger partial charge in [0.25, 0.3) is 10.0 Å². The molecule has 0 aliphatic heterocycles. The second kappa shape index (κ2) is 5.58. The fraction of sp³-hybridized carbons (Fsp3) is 0. The van der Waals surface area contributed by atoms with E-state index in [-0.39, 0.29) is 9.09 Å². The SMILES string of the molecule is O=C(O)c1ccc(S(=O)(=O)Nc2c(F)cc(F)cc2Cl)s1. The van der Waals surface area contributed by atoms with Gasteiger partial charge < -0.3 is 5.11 Å². The number of thiophene rings is 1. The monoisotopic (exact) mass is 353 g/mol. The molecule has 2 aromatic rings. The van der Waals surface area contributed by atoms with E-state index in [0.717, 1.165) is 18.2 Å². The van der Waals surface area contributed by atoms with Crippen LogP contribution in [0.3, 0.4) is 0 Å². The van der Waals surface area contributed by atoms with E-state index >= 15 is 0 Å². The summed E-state index contributed by atoms with van der Waals surface area (Å²) in [5.41, 5.74) is -0.608. The molecule has 0 fully saturated rings. The molecule has 0 atom stereocenters. The summed E-state index contributed by atoms with van der Waals surface area (Å²) in [7, 11) is -4.23. The minimum absolute atomic E-state index is 0.193. The number of benzene rings is 1. The van der Waals surface area contributed by atoms with Gasteiger partial charge in [0.15, 0.2) is 5.82 Å². The Hall–Kier alpha value is -1.71. The third-order valence-electron chi connectivity index (χ3n) is 2.30. The predicted molar refractivity (Wildman–Crippen MR) is 73.5 cm³/mol. The molecule has 0 aliphatic carbocycles. The number of rotatable bonds is 4. The average molecular weight is 354 g/mol. The third kappa shape index (κ3) is 3.31. The van der Waals surface area contributed by atoms with E-state index in [9.17, 15) is 22.0 Å². The van der Waals surface area contributed by atoms with Crippen molar-refractivity contribution in [2.75, 3.05) is 4.72 Å². The summed E-state index contributed by atoms with van der Waals surface area (Å²) >= 11 is 6.08. The molecule has 0 aliphatic rings. The first-order chi connectivity index (χ1) is 9.70. The van der Waals surface area contributed by atoms with Gasteiger partial charge in [-0.05, 0) is 18.2 Å². The summed E-state index contributed by atoms with van der Waals surface area (Å²) in [6, 6.07) is 3.39. The first-order valence-electron chi connectivity index (χ1n) is 5.21. The molecule has 21 heavy (non-hydrogen) atoms. The topological polar surface area (TPSA) is 83.5 Å². The summed E-state index contributed by atoms with van der Waals surface area (Å²) in [4.78, 5) is 10.5. The molecule has 10 heteroatoms. The van der Waals surface area contributed by atoms with Crippen LogP contribution in [0.15, 0.2) is 28.5 Å². The molecule has 0 unspecified atom stereocenters. The number of carboxylic acid groups (broad SMARTS) is 1. The number of hydrogen-bond donors (Lipinski definition) is 2. The van der Waals surface area contributed by atoms with Crippen LogP contribution >= 0.6 is 22.9 Å². The Morgan fingerprint density at radius 1 is 1.29 bits per heavy atom.